The number of nitrogens with zero attached hydrogens (tertiary/aromatic N) is 5. The van der Waals surface area contributed by atoms with Crippen molar-refractivity contribution in [2.75, 3.05) is 0 Å². The third-order valence-electron chi connectivity index (χ3n) is 3.80. The first-order chi connectivity index (χ1) is 11.6. The first-order valence-corrected chi connectivity index (χ1v) is 7.84. The standard InChI is InChI=1S/C16H16ClN5O2/c1-10-13(11(2)22-16(21-10)19-9-20-22)3-4-15(23)24-8-12-7-18-6-5-14(12)17/h5-7,9H,3-4,8H2,1-2H3. The van der Waals surface area contributed by atoms with Crippen LogP contribution in [0.3, 0.4) is 0 Å². The van der Waals surface area contributed by atoms with Crippen LogP contribution >= 0.6 is 11.6 Å². The number of halogens is 1. The van der Waals surface area contributed by atoms with Crippen molar-refractivity contribution in [1.29, 1.82) is 0 Å². The number of esters is 1. The van der Waals surface area contributed by atoms with Gasteiger partial charge < -0.3 is 4.74 Å². The van der Waals surface area contributed by atoms with Crippen molar-refractivity contribution >= 4 is 23.3 Å². The molecule has 8 heteroatoms. The van der Waals surface area contributed by atoms with Crippen molar-refractivity contribution in [3.05, 3.63) is 52.3 Å². The largest absolute Gasteiger partial charge is 0.461 e. The topological polar surface area (TPSA) is 82.3 Å². The molecule has 24 heavy (non-hydrogen) atoms. The maximum atomic E-state index is 12.0. The molecule has 7 nitrogen and oxygen atoms in total. The first-order valence-electron chi connectivity index (χ1n) is 7.46. The van der Waals surface area contributed by atoms with Crippen molar-refractivity contribution in [3.63, 3.8) is 0 Å². The molecule has 0 aliphatic heterocycles. The quantitative estimate of drug-likeness (QED) is 0.661. The minimum absolute atomic E-state index is 0.115. The lowest BCUT2D eigenvalue weighted by molar-refractivity contribution is -0.144. The summed E-state index contributed by atoms with van der Waals surface area (Å²) in [5.41, 5.74) is 3.43. The summed E-state index contributed by atoms with van der Waals surface area (Å²) in [6.07, 6.45) is 5.42. The Labute approximate surface area is 143 Å². The molecule has 3 aromatic rings. The average molecular weight is 346 g/mol. The van der Waals surface area contributed by atoms with E-state index < -0.39 is 0 Å². The maximum absolute atomic E-state index is 12.0. The summed E-state index contributed by atoms with van der Waals surface area (Å²) in [6.45, 7) is 3.95. The van der Waals surface area contributed by atoms with Gasteiger partial charge in [-0.2, -0.15) is 10.1 Å². The normalized spacial score (nSPS) is 11.0. The van der Waals surface area contributed by atoms with Gasteiger partial charge in [0.2, 0.25) is 0 Å². The third-order valence-corrected chi connectivity index (χ3v) is 4.17. The van der Waals surface area contributed by atoms with Crippen LogP contribution in [0.15, 0.2) is 24.8 Å². The lowest BCUT2D eigenvalue weighted by atomic mass is 10.1. The number of aromatic nitrogens is 5. The highest BCUT2D eigenvalue weighted by molar-refractivity contribution is 6.31. The van der Waals surface area contributed by atoms with E-state index in [1.807, 2.05) is 13.8 Å². The molecule has 0 amide bonds. The summed E-state index contributed by atoms with van der Waals surface area (Å²) in [5.74, 6) is 0.259. The second-order valence-corrected chi connectivity index (χ2v) is 5.77. The van der Waals surface area contributed by atoms with Crippen molar-refractivity contribution in [2.24, 2.45) is 0 Å². The van der Waals surface area contributed by atoms with Crippen LogP contribution in [0.5, 0.6) is 0 Å². The van der Waals surface area contributed by atoms with E-state index in [0.717, 1.165) is 17.0 Å². The molecule has 3 aromatic heterocycles. The molecule has 0 atom stereocenters. The summed E-state index contributed by atoms with van der Waals surface area (Å²) in [7, 11) is 0. The molecule has 3 heterocycles. The SMILES string of the molecule is Cc1nc2ncnn2c(C)c1CCC(=O)OCc1cnccc1Cl. The van der Waals surface area contributed by atoms with Gasteiger partial charge in [0.05, 0.1) is 5.02 Å². The molecule has 0 fully saturated rings. The molecule has 0 N–H and O–H groups in total. The van der Waals surface area contributed by atoms with Gasteiger partial charge in [-0.3, -0.25) is 9.78 Å². The molecule has 0 aliphatic carbocycles. The smallest absolute Gasteiger partial charge is 0.306 e. The number of hydrogen-bond donors (Lipinski definition) is 0. The predicted molar refractivity (Wildman–Crippen MR) is 87.6 cm³/mol. The van der Waals surface area contributed by atoms with Gasteiger partial charge in [-0.15, -0.1) is 0 Å². The number of hydrogen-bond acceptors (Lipinski definition) is 6. The Morgan fingerprint density at radius 2 is 2.21 bits per heavy atom. The minimum Gasteiger partial charge on any atom is -0.461 e. The van der Waals surface area contributed by atoms with Crippen LogP contribution in [-0.4, -0.2) is 30.5 Å². The van der Waals surface area contributed by atoms with Crippen LogP contribution in [0.4, 0.5) is 0 Å². The molecule has 0 unspecified atom stereocenters. The van der Waals surface area contributed by atoms with Crippen LogP contribution < -0.4 is 0 Å². The van der Waals surface area contributed by atoms with Crippen molar-refractivity contribution < 1.29 is 9.53 Å². The van der Waals surface area contributed by atoms with Crippen LogP contribution in [0, 0.1) is 13.8 Å². The number of aryl methyl sites for hydroxylation is 2. The lowest BCUT2D eigenvalue weighted by Crippen LogP contribution is -2.10. The highest BCUT2D eigenvalue weighted by Crippen LogP contribution is 2.17. The summed E-state index contributed by atoms with van der Waals surface area (Å²) in [4.78, 5) is 24.4. The van der Waals surface area contributed by atoms with Gasteiger partial charge in [0.25, 0.3) is 5.78 Å². The van der Waals surface area contributed by atoms with Gasteiger partial charge in [0, 0.05) is 35.8 Å². The number of pyridine rings is 1. The molecular weight excluding hydrogens is 330 g/mol. The highest BCUT2D eigenvalue weighted by Gasteiger charge is 2.13. The molecular formula is C16H16ClN5O2. The van der Waals surface area contributed by atoms with E-state index in [-0.39, 0.29) is 19.0 Å². The first kappa shape index (κ1) is 16.3. The van der Waals surface area contributed by atoms with Crippen LogP contribution in [0.2, 0.25) is 5.02 Å². The number of rotatable bonds is 5. The third kappa shape index (κ3) is 3.35. The molecule has 0 saturated carbocycles. The van der Waals surface area contributed by atoms with E-state index in [0.29, 0.717) is 22.8 Å². The van der Waals surface area contributed by atoms with Gasteiger partial charge in [-0.25, -0.2) is 9.50 Å². The second-order valence-electron chi connectivity index (χ2n) is 5.36. The van der Waals surface area contributed by atoms with Crippen LogP contribution in [-0.2, 0) is 22.6 Å². The zero-order chi connectivity index (χ0) is 17.1. The molecule has 0 bridgehead atoms. The Morgan fingerprint density at radius 3 is 3.00 bits per heavy atom. The van der Waals surface area contributed by atoms with Crippen molar-refractivity contribution in [2.45, 2.75) is 33.3 Å². The average Bonchev–Trinajstić information content (AvgIpc) is 3.02. The molecule has 0 spiro atoms. The van der Waals surface area contributed by atoms with Gasteiger partial charge in [-0.1, -0.05) is 11.6 Å². The second kappa shape index (κ2) is 6.92. The molecule has 0 aliphatic rings. The van der Waals surface area contributed by atoms with E-state index in [1.165, 1.54) is 6.33 Å². The molecule has 0 radical (unpaired) electrons. The van der Waals surface area contributed by atoms with E-state index in [1.54, 1.807) is 23.0 Å². The zero-order valence-corrected chi connectivity index (χ0v) is 14.1. The fourth-order valence-electron chi connectivity index (χ4n) is 2.49. The Kier molecular flexibility index (Phi) is 4.71. The Bertz CT molecular complexity index is 893. The fourth-order valence-corrected chi connectivity index (χ4v) is 2.65. The lowest BCUT2D eigenvalue weighted by Gasteiger charge is -2.10. The maximum Gasteiger partial charge on any atom is 0.306 e. The Balaban J connectivity index is 1.63. The summed E-state index contributed by atoms with van der Waals surface area (Å²) < 4.78 is 6.93. The summed E-state index contributed by atoms with van der Waals surface area (Å²) >= 11 is 6.01. The van der Waals surface area contributed by atoms with Gasteiger partial charge in [-0.05, 0) is 31.9 Å². The summed E-state index contributed by atoms with van der Waals surface area (Å²) in [5, 5.41) is 4.67. The molecule has 3 rings (SSSR count). The minimum atomic E-state index is -0.299. The number of carbonyl (C=O) groups is 1. The number of carbonyl (C=O) groups excluding carboxylic acids is 1. The predicted octanol–water partition coefficient (Wildman–Crippen LogP) is 2.47. The summed E-state index contributed by atoms with van der Waals surface area (Å²) in [6, 6.07) is 1.66. The zero-order valence-electron chi connectivity index (χ0n) is 13.4. The van der Waals surface area contributed by atoms with Crippen molar-refractivity contribution in [1.82, 2.24) is 24.6 Å². The number of ether oxygens (including phenoxy) is 1. The monoisotopic (exact) mass is 345 g/mol. The van der Waals surface area contributed by atoms with E-state index in [4.69, 9.17) is 16.3 Å². The van der Waals surface area contributed by atoms with Crippen LogP contribution in [0.25, 0.3) is 5.78 Å². The van der Waals surface area contributed by atoms with E-state index >= 15 is 0 Å². The van der Waals surface area contributed by atoms with Gasteiger partial charge in [0.15, 0.2) is 0 Å². The fraction of sp³-hybridized carbons (Fsp3) is 0.312. The Morgan fingerprint density at radius 1 is 1.38 bits per heavy atom. The van der Waals surface area contributed by atoms with Gasteiger partial charge >= 0.3 is 5.97 Å². The molecule has 124 valence electrons. The van der Waals surface area contributed by atoms with Crippen LogP contribution in [0.1, 0.15) is 28.9 Å². The van der Waals surface area contributed by atoms with E-state index in [2.05, 4.69) is 20.1 Å². The van der Waals surface area contributed by atoms with Gasteiger partial charge in [0.1, 0.15) is 12.9 Å². The molecule has 0 aromatic carbocycles. The Hall–Kier alpha value is -2.54. The highest BCUT2D eigenvalue weighted by atomic mass is 35.5. The van der Waals surface area contributed by atoms with E-state index in [9.17, 15) is 4.79 Å². The van der Waals surface area contributed by atoms with Crippen molar-refractivity contribution in [3.8, 4) is 0 Å². The number of fused-ring (bicyclic) bond motifs is 1. The molecule has 0 saturated heterocycles.